The highest BCUT2D eigenvalue weighted by molar-refractivity contribution is 7.99. The Morgan fingerprint density at radius 2 is 1.71 bits per heavy atom. The molecule has 0 fully saturated rings. The molecule has 0 bridgehead atoms. The summed E-state index contributed by atoms with van der Waals surface area (Å²) >= 11 is 7.69. The SMILES string of the molecule is Cc1cc(C)cc(CSCC(=O)N(Cc2cccc(Cl)c2)C(C)C(=O)NC(C)(C)C)c1. The van der Waals surface area contributed by atoms with Gasteiger partial charge in [0.1, 0.15) is 6.04 Å². The van der Waals surface area contributed by atoms with Crippen LogP contribution in [0.25, 0.3) is 0 Å². The lowest BCUT2D eigenvalue weighted by molar-refractivity contribution is -0.139. The third-order valence-corrected chi connectivity index (χ3v) is 5.91. The van der Waals surface area contributed by atoms with Crippen molar-refractivity contribution in [1.29, 1.82) is 0 Å². The van der Waals surface area contributed by atoms with Crippen LogP contribution in [-0.2, 0) is 21.9 Å². The molecule has 0 saturated heterocycles. The van der Waals surface area contributed by atoms with Crippen LogP contribution >= 0.6 is 23.4 Å². The third kappa shape index (κ3) is 8.58. The lowest BCUT2D eigenvalue weighted by Gasteiger charge is -2.31. The summed E-state index contributed by atoms with van der Waals surface area (Å²) in [5, 5.41) is 3.59. The Balaban J connectivity index is 2.11. The molecule has 0 aliphatic heterocycles. The van der Waals surface area contributed by atoms with Crippen molar-refractivity contribution in [3.63, 3.8) is 0 Å². The normalized spacial score (nSPS) is 12.4. The van der Waals surface area contributed by atoms with Gasteiger partial charge in [-0.05, 0) is 64.8 Å². The van der Waals surface area contributed by atoms with E-state index in [0.717, 1.165) is 11.3 Å². The van der Waals surface area contributed by atoms with E-state index < -0.39 is 6.04 Å². The van der Waals surface area contributed by atoms with E-state index in [1.807, 2.05) is 39.0 Å². The quantitative estimate of drug-likeness (QED) is 0.564. The fourth-order valence-electron chi connectivity index (χ4n) is 3.38. The largest absolute Gasteiger partial charge is 0.350 e. The number of nitrogens with zero attached hydrogens (tertiary/aromatic N) is 1. The number of amides is 2. The molecule has 0 radical (unpaired) electrons. The zero-order chi connectivity index (χ0) is 23.2. The molecule has 2 rings (SSSR count). The standard InChI is InChI=1S/C25H33ClN2O2S/c1-17-10-18(2)12-21(11-17)15-31-16-23(29)28(14-20-8-7-9-22(26)13-20)19(3)24(30)27-25(4,5)6/h7-13,19H,14-16H2,1-6H3,(H,27,30). The molecule has 0 saturated carbocycles. The maximum absolute atomic E-state index is 13.2. The Morgan fingerprint density at radius 1 is 1.06 bits per heavy atom. The Hall–Kier alpha value is -1.98. The maximum atomic E-state index is 13.2. The molecule has 31 heavy (non-hydrogen) atoms. The zero-order valence-electron chi connectivity index (χ0n) is 19.3. The van der Waals surface area contributed by atoms with Crippen molar-refractivity contribution in [2.45, 2.75) is 65.4 Å². The van der Waals surface area contributed by atoms with Gasteiger partial charge in [0.05, 0.1) is 5.75 Å². The third-order valence-electron chi connectivity index (χ3n) is 4.68. The highest BCUT2D eigenvalue weighted by Gasteiger charge is 2.28. The van der Waals surface area contributed by atoms with Gasteiger partial charge >= 0.3 is 0 Å². The van der Waals surface area contributed by atoms with E-state index in [1.54, 1.807) is 29.7 Å². The molecule has 6 heteroatoms. The molecule has 0 aliphatic carbocycles. The summed E-state index contributed by atoms with van der Waals surface area (Å²) in [7, 11) is 0. The van der Waals surface area contributed by atoms with Crippen molar-refractivity contribution < 1.29 is 9.59 Å². The van der Waals surface area contributed by atoms with Crippen LogP contribution in [0.3, 0.4) is 0 Å². The second-order valence-electron chi connectivity index (χ2n) is 9.06. The Morgan fingerprint density at radius 3 is 2.29 bits per heavy atom. The lowest BCUT2D eigenvalue weighted by Crippen LogP contribution is -2.52. The average Bonchev–Trinajstić information content (AvgIpc) is 2.63. The van der Waals surface area contributed by atoms with Crippen molar-refractivity contribution in [3.05, 3.63) is 69.7 Å². The molecule has 1 N–H and O–H groups in total. The van der Waals surface area contributed by atoms with Crippen LogP contribution in [0, 0.1) is 13.8 Å². The van der Waals surface area contributed by atoms with E-state index >= 15 is 0 Å². The Bertz CT molecular complexity index is 904. The van der Waals surface area contributed by atoms with Crippen molar-refractivity contribution >= 4 is 35.2 Å². The van der Waals surface area contributed by atoms with Crippen LogP contribution in [0.15, 0.2) is 42.5 Å². The van der Waals surface area contributed by atoms with E-state index in [1.165, 1.54) is 16.7 Å². The van der Waals surface area contributed by atoms with Crippen molar-refractivity contribution in [2.75, 3.05) is 5.75 Å². The number of halogens is 1. The summed E-state index contributed by atoms with van der Waals surface area (Å²) in [6.45, 7) is 12.1. The molecule has 1 atom stereocenters. The highest BCUT2D eigenvalue weighted by Crippen LogP contribution is 2.19. The number of aryl methyl sites for hydroxylation is 2. The van der Waals surface area contributed by atoms with E-state index in [4.69, 9.17) is 11.6 Å². The van der Waals surface area contributed by atoms with Crippen molar-refractivity contribution in [1.82, 2.24) is 10.2 Å². The van der Waals surface area contributed by atoms with Crippen LogP contribution in [0.1, 0.15) is 49.9 Å². The number of carbonyl (C=O) groups excluding carboxylic acids is 2. The average molecular weight is 461 g/mol. The number of hydrogen-bond acceptors (Lipinski definition) is 3. The second kappa shape index (κ2) is 11.1. The van der Waals surface area contributed by atoms with Crippen LogP contribution in [0.5, 0.6) is 0 Å². The first-order valence-corrected chi connectivity index (χ1v) is 12.0. The molecule has 2 aromatic carbocycles. The summed E-state index contributed by atoms with van der Waals surface area (Å²) < 4.78 is 0. The minimum Gasteiger partial charge on any atom is -0.350 e. The van der Waals surface area contributed by atoms with Gasteiger partial charge in [-0.3, -0.25) is 9.59 Å². The van der Waals surface area contributed by atoms with Crippen molar-refractivity contribution in [3.8, 4) is 0 Å². The highest BCUT2D eigenvalue weighted by atomic mass is 35.5. The smallest absolute Gasteiger partial charge is 0.242 e. The fourth-order valence-corrected chi connectivity index (χ4v) is 4.44. The molecule has 2 aromatic rings. The maximum Gasteiger partial charge on any atom is 0.242 e. The molecule has 168 valence electrons. The molecular formula is C25H33ClN2O2S. The summed E-state index contributed by atoms with van der Waals surface area (Å²) in [5.74, 6) is 0.829. The van der Waals surface area contributed by atoms with Gasteiger partial charge in [-0.1, -0.05) is 53.1 Å². The van der Waals surface area contributed by atoms with Gasteiger partial charge < -0.3 is 10.2 Å². The number of carbonyl (C=O) groups is 2. The van der Waals surface area contributed by atoms with E-state index in [2.05, 4.69) is 37.4 Å². The Kier molecular flexibility index (Phi) is 9.01. The molecular weight excluding hydrogens is 428 g/mol. The lowest BCUT2D eigenvalue weighted by atomic mass is 10.1. The van der Waals surface area contributed by atoms with E-state index in [0.29, 0.717) is 17.3 Å². The van der Waals surface area contributed by atoms with Gasteiger partial charge in [-0.25, -0.2) is 0 Å². The second-order valence-corrected chi connectivity index (χ2v) is 10.5. The van der Waals surface area contributed by atoms with Crippen LogP contribution in [0.4, 0.5) is 0 Å². The van der Waals surface area contributed by atoms with Crippen LogP contribution in [-0.4, -0.2) is 34.0 Å². The van der Waals surface area contributed by atoms with E-state index in [-0.39, 0.29) is 17.4 Å². The van der Waals surface area contributed by atoms with Gasteiger partial charge in [0, 0.05) is 22.9 Å². The first-order chi connectivity index (χ1) is 14.4. The molecule has 4 nitrogen and oxygen atoms in total. The van der Waals surface area contributed by atoms with Crippen molar-refractivity contribution in [2.24, 2.45) is 0 Å². The van der Waals surface area contributed by atoms with Gasteiger partial charge in [0.2, 0.25) is 11.8 Å². The monoisotopic (exact) mass is 460 g/mol. The van der Waals surface area contributed by atoms with Crippen LogP contribution in [0.2, 0.25) is 5.02 Å². The first-order valence-electron chi connectivity index (χ1n) is 10.5. The van der Waals surface area contributed by atoms with Gasteiger partial charge in [0.25, 0.3) is 0 Å². The molecule has 2 amide bonds. The van der Waals surface area contributed by atoms with Gasteiger partial charge in [-0.15, -0.1) is 11.8 Å². The zero-order valence-corrected chi connectivity index (χ0v) is 20.9. The van der Waals surface area contributed by atoms with Gasteiger partial charge in [0.15, 0.2) is 0 Å². The molecule has 0 aliphatic rings. The summed E-state index contributed by atoms with van der Waals surface area (Å²) in [6, 6.07) is 13.2. The molecule has 1 unspecified atom stereocenters. The topological polar surface area (TPSA) is 49.4 Å². The molecule has 0 aromatic heterocycles. The number of benzene rings is 2. The fraction of sp³-hybridized carbons (Fsp3) is 0.440. The van der Waals surface area contributed by atoms with Crippen LogP contribution < -0.4 is 5.32 Å². The summed E-state index contributed by atoms with van der Waals surface area (Å²) in [4.78, 5) is 27.6. The molecule has 0 spiro atoms. The minimum absolute atomic E-state index is 0.0640. The van der Waals surface area contributed by atoms with Gasteiger partial charge in [-0.2, -0.15) is 0 Å². The Labute approximate surface area is 195 Å². The number of rotatable bonds is 8. The first kappa shape index (κ1) is 25.3. The predicted molar refractivity (Wildman–Crippen MR) is 131 cm³/mol. The summed E-state index contributed by atoms with van der Waals surface area (Å²) in [6.07, 6.45) is 0. The minimum atomic E-state index is -0.590. The number of thioether (sulfide) groups is 1. The van der Waals surface area contributed by atoms with E-state index in [9.17, 15) is 9.59 Å². The summed E-state index contributed by atoms with van der Waals surface area (Å²) in [5.41, 5.74) is 4.17. The molecule has 0 heterocycles. The number of nitrogens with one attached hydrogen (secondary N) is 1. The predicted octanol–water partition coefficient (Wildman–Crippen LogP) is 5.52. The number of hydrogen-bond donors (Lipinski definition) is 1.